The summed E-state index contributed by atoms with van der Waals surface area (Å²) in [5.41, 5.74) is 5.02. The van der Waals surface area contributed by atoms with Crippen molar-refractivity contribution >= 4 is 39.0 Å². The topological polar surface area (TPSA) is 60.2 Å². The fourth-order valence-electron chi connectivity index (χ4n) is 0.686. The number of hydrogen-bond acceptors (Lipinski definition) is 3. The summed E-state index contributed by atoms with van der Waals surface area (Å²) in [7, 11) is 0. The minimum absolute atomic E-state index is 0.0347. The van der Waals surface area contributed by atoms with Crippen LogP contribution in [0.4, 0.5) is 0 Å². The molecule has 1 rings (SSSR count). The largest absolute Gasteiger partial charge is 0.365 e. The van der Waals surface area contributed by atoms with E-state index in [1.807, 2.05) is 0 Å². The molecule has 0 fully saturated rings. The fraction of sp³-hybridized carbons (Fsp3) is 0.143. The summed E-state index contributed by atoms with van der Waals surface area (Å²) >= 11 is 4.16. The smallest absolute Gasteiger partial charge is 0.258 e. The molecule has 1 aromatic heterocycles. The molecule has 0 aliphatic carbocycles. The Morgan fingerprint density at radius 2 is 2.00 bits per heavy atom. The van der Waals surface area contributed by atoms with Gasteiger partial charge in [-0.1, -0.05) is 15.9 Å². The number of alkyl halides is 1. The van der Waals surface area contributed by atoms with Crippen molar-refractivity contribution in [1.82, 2.24) is 0 Å². The van der Waals surface area contributed by atoms with Crippen LogP contribution in [-0.2, 0) is 0 Å². The monoisotopic (exact) mass is 247 g/mol. The van der Waals surface area contributed by atoms with Gasteiger partial charge < -0.3 is 5.73 Å². The highest BCUT2D eigenvalue weighted by atomic mass is 79.9. The molecule has 1 heterocycles. The second kappa shape index (κ2) is 3.82. The molecule has 12 heavy (non-hydrogen) atoms. The molecule has 0 atom stereocenters. The van der Waals surface area contributed by atoms with Crippen LogP contribution < -0.4 is 5.73 Å². The van der Waals surface area contributed by atoms with Gasteiger partial charge in [0.05, 0.1) is 15.1 Å². The molecular formula is C7H6BrNO2S. The molecule has 3 nitrogen and oxygen atoms in total. The SMILES string of the molecule is NC(=O)c1ccc(C(=O)CBr)s1. The van der Waals surface area contributed by atoms with Crippen molar-refractivity contribution in [2.24, 2.45) is 5.73 Å². The first kappa shape index (κ1) is 9.41. The number of rotatable bonds is 3. The second-order valence-electron chi connectivity index (χ2n) is 2.08. The van der Waals surface area contributed by atoms with E-state index in [1.165, 1.54) is 0 Å². The normalized spacial score (nSPS) is 9.75. The number of nitrogens with two attached hydrogens (primary N) is 1. The lowest BCUT2D eigenvalue weighted by molar-refractivity contribution is 0.100. The molecule has 2 N–H and O–H groups in total. The van der Waals surface area contributed by atoms with Gasteiger partial charge in [0, 0.05) is 0 Å². The van der Waals surface area contributed by atoms with Crippen molar-refractivity contribution in [3.05, 3.63) is 21.9 Å². The van der Waals surface area contributed by atoms with E-state index < -0.39 is 5.91 Å². The average molecular weight is 248 g/mol. The predicted molar refractivity (Wildman–Crippen MR) is 51.0 cm³/mol. The molecule has 5 heteroatoms. The highest BCUT2D eigenvalue weighted by Crippen LogP contribution is 2.16. The van der Waals surface area contributed by atoms with E-state index in [9.17, 15) is 9.59 Å². The molecule has 0 bridgehead atoms. The summed E-state index contributed by atoms with van der Waals surface area (Å²) in [6.07, 6.45) is 0. The molecule has 0 aliphatic rings. The molecule has 0 spiro atoms. The van der Waals surface area contributed by atoms with Gasteiger partial charge in [0.2, 0.25) is 0 Å². The van der Waals surface area contributed by atoms with Gasteiger partial charge in [-0.15, -0.1) is 11.3 Å². The molecule has 1 amide bonds. The van der Waals surface area contributed by atoms with Crippen LogP contribution in [0.15, 0.2) is 12.1 Å². The lowest BCUT2D eigenvalue weighted by atomic mass is 10.3. The van der Waals surface area contributed by atoms with Crippen LogP contribution in [0.2, 0.25) is 0 Å². The van der Waals surface area contributed by atoms with Gasteiger partial charge in [0.25, 0.3) is 5.91 Å². The lowest BCUT2D eigenvalue weighted by Crippen LogP contribution is -2.08. The Labute approximate surface area is 81.7 Å². The Bertz CT molecular complexity index is 321. The molecule has 0 saturated heterocycles. The number of carbonyl (C=O) groups excluding carboxylic acids is 2. The van der Waals surface area contributed by atoms with E-state index in [0.717, 1.165) is 11.3 Å². The number of halogens is 1. The summed E-state index contributed by atoms with van der Waals surface area (Å²) < 4.78 is 0. The third-order valence-corrected chi connectivity index (χ3v) is 2.90. The lowest BCUT2D eigenvalue weighted by Gasteiger charge is -1.87. The standard InChI is InChI=1S/C7H6BrNO2S/c8-3-4(10)5-1-2-6(12-5)7(9)11/h1-2H,3H2,(H2,9,11). The number of carbonyl (C=O) groups is 2. The van der Waals surface area contributed by atoms with E-state index in [2.05, 4.69) is 15.9 Å². The van der Waals surface area contributed by atoms with Gasteiger partial charge in [-0.2, -0.15) is 0 Å². The molecule has 0 aromatic carbocycles. The molecule has 1 aromatic rings. The number of Topliss-reactive ketones (excluding diaryl/α,β-unsaturated/α-hetero) is 1. The number of ketones is 1. The third kappa shape index (κ3) is 1.92. The number of amides is 1. The van der Waals surface area contributed by atoms with E-state index >= 15 is 0 Å². The van der Waals surface area contributed by atoms with Gasteiger partial charge >= 0.3 is 0 Å². The third-order valence-electron chi connectivity index (χ3n) is 1.25. The van der Waals surface area contributed by atoms with E-state index in [-0.39, 0.29) is 11.1 Å². The molecule has 0 aliphatic heterocycles. The van der Waals surface area contributed by atoms with Crippen LogP contribution in [0.3, 0.4) is 0 Å². The zero-order valence-electron chi connectivity index (χ0n) is 6.04. The summed E-state index contributed by atoms with van der Waals surface area (Å²) in [5.74, 6) is -0.527. The molecule has 0 unspecified atom stereocenters. The van der Waals surface area contributed by atoms with Crippen LogP contribution in [0.5, 0.6) is 0 Å². The van der Waals surface area contributed by atoms with Crippen LogP contribution in [0.25, 0.3) is 0 Å². The van der Waals surface area contributed by atoms with E-state index in [4.69, 9.17) is 5.73 Å². The zero-order chi connectivity index (χ0) is 9.14. The highest BCUT2D eigenvalue weighted by Gasteiger charge is 2.09. The Morgan fingerprint density at radius 1 is 1.42 bits per heavy atom. The van der Waals surface area contributed by atoms with Gasteiger partial charge in [0.15, 0.2) is 5.78 Å². The highest BCUT2D eigenvalue weighted by molar-refractivity contribution is 9.09. The Morgan fingerprint density at radius 3 is 2.42 bits per heavy atom. The Hall–Kier alpha value is -0.680. The molecule has 64 valence electrons. The van der Waals surface area contributed by atoms with Gasteiger partial charge in [-0.25, -0.2) is 0 Å². The van der Waals surface area contributed by atoms with Crippen molar-refractivity contribution < 1.29 is 9.59 Å². The molecule has 0 saturated carbocycles. The van der Waals surface area contributed by atoms with Crippen molar-refractivity contribution in [1.29, 1.82) is 0 Å². The van der Waals surface area contributed by atoms with Crippen LogP contribution in [0.1, 0.15) is 19.3 Å². The van der Waals surface area contributed by atoms with Crippen LogP contribution >= 0.6 is 27.3 Å². The first-order valence-electron chi connectivity index (χ1n) is 3.14. The number of hydrogen-bond donors (Lipinski definition) is 1. The van der Waals surface area contributed by atoms with E-state index in [0.29, 0.717) is 9.75 Å². The average Bonchev–Trinajstić information content (AvgIpc) is 2.51. The van der Waals surface area contributed by atoms with Crippen molar-refractivity contribution in [3.8, 4) is 0 Å². The predicted octanol–water partition coefficient (Wildman–Crippen LogP) is 1.42. The zero-order valence-corrected chi connectivity index (χ0v) is 8.44. The minimum Gasteiger partial charge on any atom is -0.365 e. The second-order valence-corrected chi connectivity index (χ2v) is 3.73. The maximum Gasteiger partial charge on any atom is 0.258 e. The number of primary amides is 1. The summed E-state index contributed by atoms with van der Waals surface area (Å²) in [5, 5.41) is 0.270. The van der Waals surface area contributed by atoms with Crippen molar-refractivity contribution in [3.63, 3.8) is 0 Å². The van der Waals surface area contributed by atoms with Gasteiger partial charge in [-0.05, 0) is 12.1 Å². The quantitative estimate of drug-likeness (QED) is 0.649. The summed E-state index contributed by atoms with van der Waals surface area (Å²) in [6.45, 7) is 0. The van der Waals surface area contributed by atoms with Crippen LogP contribution in [-0.4, -0.2) is 17.0 Å². The first-order valence-corrected chi connectivity index (χ1v) is 5.07. The first-order chi connectivity index (χ1) is 5.65. The van der Waals surface area contributed by atoms with Crippen molar-refractivity contribution in [2.45, 2.75) is 0 Å². The maximum atomic E-state index is 11.1. The van der Waals surface area contributed by atoms with Gasteiger partial charge in [-0.3, -0.25) is 9.59 Å². The fourth-order valence-corrected chi connectivity index (χ4v) is 1.97. The molecular weight excluding hydrogens is 242 g/mol. The Kier molecular flexibility index (Phi) is 2.99. The minimum atomic E-state index is -0.492. The Balaban J connectivity index is 2.91. The van der Waals surface area contributed by atoms with Crippen LogP contribution in [0, 0.1) is 0 Å². The molecule has 0 radical (unpaired) electrons. The summed E-state index contributed by atoms with van der Waals surface area (Å²) in [4.78, 5) is 22.7. The van der Waals surface area contributed by atoms with Gasteiger partial charge in [0.1, 0.15) is 0 Å². The van der Waals surface area contributed by atoms with Crippen molar-refractivity contribution in [2.75, 3.05) is 5.33 Å². The number of thiophene rings is 1. The van der Waals surface area contributed by atoms with E-state index in [1.54, 1.807) is 12.1 Å². The summed E-state index contributed by atoms with van der Waals surface area (Å²) in [6, 6.07) is 3.16. The maximum absolute atomic E-state index is 11.1.